The first-order chi connectivity index (χ1) is 13.0. The van der Waals surface area contributed by atoms with Crippen molar-refractivity contribution >= 4 is 5.91 Å². The number of rotatable bonds is 6. The zero-order chi connectivity index (χ0) is 19.2. The van der Waals surface area contributed by atoms with Crippen molar-refractivity contribution in [3.05, 3.63) is 71.3 Å². The highest BCUT2D eigenvalue weighted by Gasteiger charge is 2.28. The lowest BCUT2D eigenvalue weighted by molar-refractivity contribution is -0.140. The summed E-state index contributed by atoms with van der Waals surface area (Å²) in [5.74, 6) is -1.82. The number of nitrogens with two attached hydrogens (primary N) is 1. The van der Waals surface area contributed by atoms with Crippen LogP contribution < -0.4 is 5.73 Å². The minimum Gasteiger partial charge on any atom is -0.377 e. The molecule has 0 radical (unpaired) electrons. The van der Waals surface area contributed by atoms with Crippen molar-refractivity contribution in [3.8, 4) is 0 Å². The first-order valence-corrected chi connectivity index (χ1v) is 9.13. The Labute approximate surface area is 157 Å². The van der Waals surface area contributed by atoms with Crippen molar-refractivity contribution in [2.24, 2.45) is 5.73 Å². The van der Waals surface area contributed by atoms with E-state index in [1.54, 1.807) is 0 Å². The van der Waals surface area contributed by atoms with Crippen LogP contribution in [0.15, 0.2) is 48.5 Å². The van der Waals surface area contributed by atoms with Gasteiger partial charge >= 0.3 is 0 Å². The minimum absolute atomic E-state index is 0.0240. The van der Waals surface area contributed by atoms with E-state index < -0.39 is 17.7 Å². The van der Waals surface area contributed by atoms with Crippen LogP contribution in [0.1, 0.15) is 17.5 Å². The minimum atomic E-state index is -0.901. The average Bonchev–Trinajstić information content (AvgIpc) is 2.66. The van der Waals surface area contributed by atoms with E-state index in [1.165, 1.54) is 6.07 Å². The molecule has 2 atom stereocenters. The largest absolute Gasteiger partial charge is 0.377 e. The highest BCUT2D eigenvalue weighted by Crippen LogP contribution is 2.16. The molecule has 1 aliphatic heterocycles. The summed E-state index contributed by atoms with van der Waals surface area (Å²) in [6.45, 7) is 1.54. The second kappa shape index (κ2) is 9.06. The lowest BCUT2D eigenvalue weighted by atomic mass is 10.0. The van der Waals surface area contributed by atoms with Crippen molar-refractivity contribution in [2.45, 2.75) is 31.3 Å². The molecule has 0 bridgehead atoms. The fourth-order valence-electron chi connectivity index (χ4n) is 3.42. The van der Waals surface area contributed by atoms with Gasteiger partial charge in [0.05, 0.1) is 19.3 Å². The maximum Gasteiger partial charge on any atom is 0.224 e. The van der Waals surface area contributed by atoms with Crippen LogP contribution in [0.25, 0.3) is 0 Å². The molecule has 4 nitrogen and oxygen atoms in total. The Morgan fingerprint density at radius 2 is 1.93 bits per heavy atom. The molecule has 1 saturated heterocycles. The number of carbonyl (C=O) groups excluding carboxylic acids is 1. The standard InChI is InChI=1S/C21H24F2N2O2/c22-19-7-6-16(12-20(19)23)10-17(24)13-21(26)25-8-9-27-14-18(25)11-15-4-2-1-3-5-15/h1-7,12,17-18H,8-11,13-14,24H2/t17-,18-/m1/s1. The smallest absolute Gasteiger partial charge is 0.224 e. The number of nitrogens with zero attached hydrogens (tertiary/aromatic N) is 1. The summed E-state index contributed by atoms with van der Waals surface area (Å²) in [6, 6.07) is 13.2. The zero-order valence-corrected chi connectivity index (χ0v) is 15.1. The molecule has 3 rings (SSSR count). The molecule has 0 unspecified atom stereocenters. The molecule has 2 N–H and O–H groups in total. The molecular formula is C21H24F2N2O2. The fraction of sp³-hybridized carbons (Fsp3) is 0.381. The van der Waals surface area contributed by atoms with Crippen LogP contribution in [0.4, 0.5) is 8.78 Å². The van der Waals surface area contributed by atoms with Crippen LogP contribution in [0.3, 0.4) is 0 Å². The molecule has 0 aromatic heterocycles. The van der Waals surface area contributed by atoms with Gasteiger partial charge in [-0.3, -0.25) is 4.79 Å². The van der Waals surface area contributed by atoms with Crippen LogP contribution in [-0.4, -0.2) is 42.6 Å². The van der Waals surface area contributed by atoms with E-state index in [0.717, 1.165) is 24.1 Å². The van der Waals surface area contributed by atoms with Gasteiger partial charge in [-0.2, -0.15) is 0 Å². The van der Waals surface area contributed by atoms with Crippen LogP contribution in [0, 0.1) is 11.6 Å². The Bertz CT molecular complexity index is 770. The third-order valence-corrected chi connectivity index (χ3v) is 4.78. The van der Waals surface area contributed by atoms with Crippen molar-refractivity contribution in [3.63, 3.8) is 0 Å². The van der Waals surface area contributed by atoms with E-state index in [1.807, 2.05) is 35.2 Å². The molecule has 0 aliphatic carbocycles. The normalized spacial score (nSPS) is 18.3. The lowest BCUT2D eigenvalue weighted by Crippen LogP contribution is -2.51. The summed E-state index contributed by atoms with van der Waals surface area (Å²) < 4.78 is 31.9. The molecular weight excluding hydrogens is 350 g/mol. The van der Waals surface area contributed by atoms with Crippen molar-refractivity contribution < 1.29 is 18.3 Å². The van der Waals surface area contributed by atoms with Crippen LogP contribution in [0.2, 0.25) is 0 Å². The van der Waals surface area contributed by atoms with Crippen LogP contribution in [-0.2, 0) is 22.4 Å². The predicted molar refractivity (Wildman–Crippen MR) is 99.1 cm³/mol. The molecule has 2 aromatic rings. The highest BCUT2D eigenvalue weighted by molar-refractivity contribution is 5.77. The molecule has 144 valence electrons. The van der Waals surface area contributed by atoms with Crippen LogP contribution in [0.5, 0.6) is 0 Å². The van der Waals surface area contributed by atoms with Gasteiger partial charge in [-0.25, -0.2) is 8.78 Å². The number of halogens is 2. The first kappa shape index (κ1) is 19.5. The molecule has 0 spiro atoms. The lowest BCUT2D eigenvalue weighted by Gasteiger charge is -2.36. The number of carbonyl (C=O) groups is 1. The van der Waals surface area contributed by atoms with E-state index in [4.69, 9.17) is 10.5 Å². The quantitative estimate of drug-likeness (QED) is 0.846. The highest BCUT2D eigenvalue weighted by atomic mass is 19.2. The number of hydrogen-bond donors (Lipinski definition) is 1. The van der Waals surface area contributed by atoms with Gasteiger partial charge in [-0.15, -0.1) is 0 Å². The van der Waals surface area contributed by atoms with Gasteiger partial charge in [-0.05, 0) is 36.1 Å². The molecule has 1 heterocycles. The number of hydrogen-bond acceptors (Lipinski definition) is 3. The summed E-state index contributed by atoms with van der Waals surface area (Å²) in [7, 11) is 0. The summed E-state index contributed by atoms with van der Waals surface area (Å²) in [5, 5.41) is 0. The molecule has 0 saturated carbocycles. The molecule has 1 amide bonds. The Hall–Kier alpha value is -2.31. The van der Waals surface area contributed by atoms with Gasteiger partial charge in [0.2, 0.25) is 5.91 Å². The number of ether oxygens (including phenoxy) is 1. The van der Waals surface area contributed by atoms with Gasteiger partial charge in [0.1, 0.15) is 0 Å². The van der Waals surface area contributed by atoms with Gasteiger partial charge in [-0.1, -0.05) is 36.4 Å². The summed E-state index contributed by atoms with van der Waals surface area (Å²) in [6.07, 6.45) is 1.20. The Morgan fingerprint density at radius 3 is 2.67 bits per heavy atom. The maximum atomic E-state index is 13.3. The van der Waals surface area contributed by atoms with Gasteiger partial charge < -0.3 is 15.4 Å². The molecule has 6 heteroatoms. The summed E-state index contributed by atoms with van der Waals surface area (Å²) >= 11 is 0. The summed E-state index contributed by atoms with van der Waals surface area (Å²) in [5.41, 5.74) is 7.83. The molecule has 1 aliphatic rings. The maximum absolute atomic E-state index is 13.3. The Kier molecular flexibility index (Phi) is 6.53. The van der Waals surface area contributed by atoms with E-state index in [9.17, 15) is 13.6 Å². The number of benzene rings is 2. The second-order valence-corrected chi connectivity index (χ2v) is 6.92. The first-order valence-electron chi connectivity index (χ1n) is 9.13. The Balaban J connectivity index is 1.59. The SMILES string of the molecule is N[C@@H](CC(=O)N1CCOC[C@H]1Cc1ccccc1)Cc1ccc(F)c(F)c1. The van der Waals surface area contributed by atoms with Gasteiger partial charge in [0.15, 0.2) is 11.6 Å². The van der Waals surface area contributed by atoms with Crippen molar-refractivity contribution in [2.75, 3.05) is 19.8 Å². The number of morpholine rings is 1. The average molecular weight is 374 g/mol. The van der Waals surface area contributed by atoms with E-state index in [0.29, 0.717) is 31.7 Å². The van der Waals surface area contributed by atoms with Crippen molar-refractivity contribution in [1.29, 1.82) is 0 Å². The fourth-order valence-corrected chi connectivity index (χ4v) is 3.42. The molecule has 1 fully saturated rings. The van der Waals surface area contributed by atoms with Crippen molar-refractivity contribution in [1.82, 2.24) is 4.90 Å². The zero-order valence-electron chi connectivity index (χ0n) is 15.1. The van der Waals surface area contributed by atoms with E-state index in [2.05, 4.69) is 0 Å². The second-order valence-electron chi connectivity index (χ2n) is 6.92. The topological polar surface area (TPSA) is 55.6 Å². The van der Waals surface area contributed by atoms with E-state index >= 15 is 0 Å². The van der Waals surface area contributed by atoms with Crippen LogP contribution >= 0.6 is 0 Å². The number of amides is 1. The van der Waals surface area contributed by atoms with Gasteiger partial charge in [0, 0.05) is 19.0 Å². The third kappa shape index (κ3) is 5.34. The summed E-state index contributed by atoms with van der Waals surface area (Å²) in [4.78, 5) is 14.6. The Morgan fingerprint density at radius 1 is 1.15 bits per heavy atom. The van der Waals surface area contributed by atoms with Gasteiger partial charge in [0.25, 0.3) is 0 Å². The third-order valence-electron chi connectivity index (χ3n) is 4.78. The predicted octanol–water partition coefficient (Wildman–Crippen LogP) is 2.69. The van der Waals surface area contributed by atoms with E-state index in [-0.39, 0.29) is 18.4 Å². The molecule has 2 aromatic carbocycles. The molecule has 27 heavy (non-hydrogen) atoms. The monoisotopic (exact) mass is 374 g/mol.